The first-order valence-electron chi connectivity index (χ1n) is 9.67. The van der Waals surface area contributed by atoms with Gasteiger partial charge in [0.2, 0.25) is 0 Å². The summed E-state index contributed by atoms with van der Waals surface area (Å²) in [7, 11) is 0. The van der Waals surface area contributed by atoms with Crippen molar-refractivity contribution in [1.29, 1.82) is 5.26 Å². The molecule has 0 radical (unpaired) electrons. The van der Waals surface area contributed by atoms with Crippen LogP contribution in [0.2, 0.25) is 5.02 Å². The van der Waals surface area contributed by atoms with Crippen molar-refractivity contribution >= 4 is 40.0 Å². The summed E-state index contributed by atoms with van der Waals surface area (Å²) >= 11 is 6.31. The van der Waals surface area contributed by atoms with Gasteiger partial charge in [0.1, 0.15) is 29.6 Å². The minimum Gasteiger partial charge on any atom is -0.382 e. The van der Waals surface area contributed by atoms with E-state index >= 15 is 0 Å². The van der Waals surface area contributed by atoms with Crippen molar-refractivity contribution in [2.45, 2.75) is 19.3 Å². The molecule has 9 heteroatoms. The summed E-state index contributed by atoms with van der Waals surface area (Å²) < 4.78 is 0. The van der Waals surface area contributed by atoms with Gasteiger partial charge in [-0.25, -0.2) is 9.97 Å². The van der Waals surface area contributed by atoms with Gasteiger partial charge in [0, 0.05) is 24.9 Å². The van der Waals surface area contributed by atoms with E-state index in [2.05, 4.69) is 25.6 Å². The lowest BCUT2D eigenvalue weighted by molar-refractivity contribution is 0.0950. The van der Waals surface area contributed by atoms with Crippen LogP contribution in [0.3, 0.4) is 0 Å². The van der Waals surface area contributed by atoms with E-state index in [4.69, 9.17) is 17.3 Å². The van der Waals surface area contributed by atoms with Crippen LogP contribution >= 0.6 is 11.6 Å². The number of nitrogens with zero attached hydrogens (tertiary/aromatic N) is 4. The van der Waals surface area contributed by atoms with Crippen LogP contribution in [-0.4, -0.2) is 33.9 Å². The zero-order valence-corrected chi connectivity index (χ0v) is 16.9. The van der Waals surface area contributed by atoms with Crippen LogP contribution in [0.25, 0.3) is 10.9 Å². The van der Waals surface area contributed by atoms with Crippen molar-refractivity contribution < 1.29 is 4.79 Å². The average Bonchev–Trinajstić information content (AvgIpc) is 3.57. The number of rotatable bonds is 7. The summed E-state index contributed by atoms with van der Waals surface area (Å²) in [6.45, 7) is 1.08. The Balaban J connectivity index is 1.58. The Morgan fingerprint density at radius 3 is 2.93 bits per heavy atom. The number of aromatic nitrogens is 3. The number of nitriles is 1. The summed E-state index contributed by atoms with van der Waals surface area (Å²) in [5.74, 6) is 0.902. The van der Waals surface area contributed by atoms with Gasteiger partial charge >= 0.3 is 0 Å². The Morgan fingerprint density at radius 2 is 2.17 bits per heavy atom. The normalized spacial score (nSPS) is 13.1. The molecule has 0 spiro atoms. The minimum atomic E-state index is -0.143. The topological polar surface area (TPSA) is 130 Å². The van der Waals surface area contributed by atoms with Gasteiger partial charge in [0.15, 0.2) is 0 Å². The Labute approximate surface area is 178 Å². The van der Waals surface area contributed by atoms with Crippen LogP contribution in [0, 0.1) is 17.2 Å². The molecule has 3 aromatic rings. The van der Waals surface area contributed by atoms with Crippen molar-refractivity contribution in [3.8, 4) is 6.07 Å². The van der Waals surface area contributed by atoms with E-state index < -0.39 is 0 Å². The Kier molecular flexibility index (Phi) is 5.63. The molecule has 0 atom stereocenters. The number of anilines is 2. The smallest absolute Gasteiger partial charge is 0.253 e. The molecule has 1 fully saturated rings. The molecule has 30 heavy (non-hydrogen) atoms. The molecule has 1 saturated carbocycles. The third-order valence-electron chi connectivity index (χ3n) is 5.01. The second-order valence-corrected chi connectivity index (χ2v) is 7.63. The number of hydrogen-bond acceptors (Lipinski definition) is 7. The average molecular weight is 422 g/mol. The zero-order chi connectivity index (χ0) is 21.1. The lowest BCUT2D eigenvalue weighted by atomic mass is 10.1. The van der Waals surface area contributed by atoms with E-state index in [-0.39, 0.29) is 17.3 Å². The number of para-hydroxylation sites is 1. The number of hydrogen-bond donors (Lipinski definition) is 3. The summed E-state index contributed by atoms with van der Waals surface area (Å²) in [5.41, 5.74) is 7.71. The maximum absolute atomic E-state index is 12.8. The summed E-state index contributed by atoms with van der Waals surface area (Å²) in [6.07, 6.45) is 4.04. The van der Waals surface area contributed by atoms with Gasteiger partial charge in [-0.05, 0) is 30.9 Å². The van der Waals surface area contributed by atoms with Crippen LogP contribution < -0.4 is 16.4 Å². The molecule has 1 aromatic carbocycles. The van der Waals surface area contributed by atoms with Gasteiger partial charge < -0.3 is 16.4 Å². The fourth-order valence-electron chi connectivity index (χ4n) is 3.18. The van der Waals surface area contributed by atoms with Gasteiger partial charge in [0.25, 0.3) is 5.91 Å². The Hall–Kier alpha value is -3.44. The third kappa shape index (κ3) is 4.26. The lowest BCUT2D eigenvalue weighted by Crippen LogP contribution is -2.27. The number of benzene rings is 1. The van der Waals surface area contributed by atoms with Gasteiger partial charge in [0.05, 0.1) is 21.8 Å². The number of pyridine rings is 1. The Morgan fingerprint density at radius 1 is 1.33 bits per heavy atom. The van der Waals surface area contributed by atoms with Crippen LogP contribution in [0.1, 0.15) is 34.5 Å². The molecule has 2 aromatic heterocycles. The molecule has 0 aliphatic heterocycles. The molecule has 0 bridgehead atoms. The second-order valence-electron chi connectivity index (χ2n) is 7.22. The quantitative estimate of drug-likeness (QED) is 0.534. The van der Waals surface area contributed by atoms with Gasteiger partial charge in [-0.3, -0.25) is 9.78 Å². The van der Waals surface area contributed by atoms with Gasteiger partial charge in [-0.2, -0.15) is 5.26 Å². The number of amides is 1. The largest absolute Gasteiger partial charge is 0.382 e. The number of nitrogen functional groups attached to an aromatic ring is 1. The molecule has 1 aliphatic rings. The van der Waals surface area contributed by atoms with E-state index in [1.54, 1.807) is 6.07 Å². The van der Waals surface area contributed by atoms with Gasteiger partial charge in [-0.1, -0.05) is 23.7 Å². The van der Waals surface area contributed by atoms with E-state index in [1.807, 2.05) is 24.3 Å². The Bertz CT molecular complexity index is 1150. The first-order chi connectivity index (χ1) is 14.6. The van der Waals surface area contributed by atoms with Gasteiger partial charge in [-0.15, -0.1) is 0 Å². The molecular weight excluding hydrogens is 402 g/mol. The first kappa shape index (κ1) is 19.9. The number of fused-ring (bicyclic) bond motifs is 1. The van der Waals surface area contributed by atoms with E-state index in [0.717, 1.165) is 18.2 Å². The number of nitrogens with one attached hydrogen (secondary N) is 2. The standard InChI is InChI=1S/C21H20ClN7O/c22-16-3-1-2-13-8-14(21(30)26-10-12-4-5-12)17(29-18(13)16)6-7-25-20-15(9-23)19(24)27-11-28-20/h1-3,8,11-12H,4-7,10H2,(H,26,30)(H3,24,25,27,28). The second kappa shape index (κ2) is 8.51. The molecule has 1 amide bonds. The third-order valence-corrected chi connectivity index (χ3v) is 5.32. The zero-order valence-electron chi connectivity index (χ0n) is 16.2. The lowest BCUT2D eigenvalue weighted by Gasteiger charge is -2.13. The highest BCUT2D eigenvalue weighted by molar-refractivity contribution is 6.35. The number of carbonyl (C=O) groups excluding carboxylic acids is 1. The predicted molar refractivity (Wildman–Crippen MR) is 115 cm³/mol. The van der Waals surface area contributed by atoms with Crippen LogP contribution in [0.15, 0.2) is 30.6 Å². The molecule has 1 aliphatic carbocycles. The monoisotopic (exact) mass is 421 g/mol. The van der Waals surface area contributed by atoms with Crippen LogP contribution in [0.5, 0.6) is 0 Å². The highest BCUT2D eigenvalue weighted by atomic mass is 35.5. The summed E-state index contributed by atoms with van der Waals surface area (Å²) in [5, 5.41) is 16.7. The molecule has 2 heterocycles. The highest BCUT2D eigenvalue weighted by Crippen LogP contribution is 2.28. The summed E-state index contributed by atoms with van der Waals surface area (Å²) in [6, 6.07) is 9.32. The minimum absolute atomic E-state index is 0.116. The van der Waals surface area contributed by atoms with E-state index in [1.165, 1.54) is 6.33 Å². The van der Waals surface area contributed by atoms with Crippen LogP contribution in [-0.2, 0) is 6.42 Å². The fraction of sp³-hybridized carbons (Fsp3) is 0.286. The predicted octanol–water partition coefficient (Wildman–Crippen LogP) is 2.93. The van der Waals surface area contributed by atoms with Crippen molar-refractivity contribution in [2.75, 3.05) is 24.1 Å². The van der Waals surface area contributed by atoms with E-state index in [0.29, 0.717) is 53.0 Å². The fourth-order valence-corrected chi connectivity index (χ4v) is 3.41. The van der Waals surface area contributed by atoms with E-state index in [9.17, 15) is 10.1 Å². The number of carbonyl (C=O) groups is 1. The van der Waals surface area contributed by atoms with Crippen LogP contribution in [0.4, 0.5) is 11.6 Å². The molecule has 0 unspecified atom stereocenters. The SMILES string of the molecule is N#Cc1c(N)ncnc1NCCc1nc2c(Cl)cccc2cc1C(=O)NCC1CC1. The molecule has 8 nitrogen and oxygen atoms in total. The highest BCUT2D eigenvalue weighted by Gasteiger charge is 2.23. The maximum Gasteiger partial charge on any atom is 0.253 e. The van der Waals surface area contributed by atoms with Crippen molar-refractivity contribution in [2.24, 2.45) is 5.92 Å². The van der Waals surface area contributed by atoms with Crippen molar-refractivity contribution in [3.05, 3.63) is 52.4 Å². The first-order valence-corrected chi connectivity index (χ1v) is 10.1. The number of halogens is 1. The molecular formula is C21H20ClN7O. The maximum atomic E-state index is 12.8. The molecule has 4 rings (SSSR count). The molecule has 0 saturated heterocycles. The molecule has 4 N–H and O–H groups in total. The number of nitrogens with two attached hydrogens (primary N) is 1. The van der Waals surface area contributed by atoms with Crippen molar-refractivity contribution in [1.82, 2.24) is 20.3 Å². The van der Waals surface area contributed by atoms with Crippen molar-refractivity contribution in [3.63, 3.8) is 0 Å². The molecule has 152 valence electrons. The summed E-state index contributed by atoms with van der Waals surface area (Å²) in [4.78, 5) is 25.4.